The van der Waals surface area contributed by atoms with Crippen LogP contribution in [0.15, 0.2) is 30.3 Å². The standard InChI is InChI=1S/C28H43N3O8/c1-17(2)13-20(31-27(37)38-16-19-11-9-8-10-12-19)24(33)29-21(15-23(32)39-28(5,6)7)25(34)30-22(26(35)36)14-18(3)4/h8-12,17-18,20-22H,13-16H2,1-7H3,(H,29,33)(H,30,34)(H,31,37)(H,35,36)/t20-,21-,22-/m0/s1. The second-order valence-corrected chi connectivity index (χ2v) is 11.3. The van der Waals surface area contributed by atoms with E-state index in [1.165, 1.54) is 0 Å². The Morgan fingerprint density at radius 1 is 0.795 bits per heavy atom. The molecule has 4 N–H and O–H groups in total. The van der Waals surface area contributed by atoms with Gasteiger partial charge in [0.25, 0.3) is 0 Å². The maximum atomic E-state index is 13.2. The number of carbonyl (C=O) groups excluding carboxylic acids is 4. The lowest BCUT2D eigenvalue weighted by Crippen LogP contribution is -2.56. The fraction of sp³-hybridized carbons (Fsp3) is 0.607. The van der Waals surface area contributed by atoms with Gasteiger partial charge in [0, 0.05) is 0 Å². The van der Waals surface area contributed by atoms with Crippen molar-refractivity contribution >= 4 is 29.8 Å². The third-order valence-electron chi connectivity index (χ3n) is 5.27. The fourth-order valence-corrected chi connectivity index (χ4v) is 3.61. The second-order valence-electron chi connectivity index (χ2n) is 11.3. The van der Waals surface area contributed by atoms with E-state index in [1.807, 2.05) is 19.9 Å². The minimum atomic E-state index is -1.43. The SMILES string of the molecule is CC(C)C[C@H](NC(=O)[C@H](CC(=O)OC(C)(C)C)NC(=O)[C@H](CC(C)C)NC(=O)OCc1ccccc1)C(=O)O. The maximum absolute atomic E-state index is 13.2. The third kappa shape index (κ3) is 14.2. The number of amides is 3. The van der Waals surface area contributed by atoms with Gasteiger partial charge in [0.1, 0.15) is 30.3 Å². The molecule has 0 aromatic heterocycles. The summed E-state index contributed by atoms with van der Waals surface area (Å²) in [4.78, 5) is 63.0. The van der Waals surface area contributed by atoms with Crippen LogP contribution in [0.5, 0.6) is 0 Å². The van der Waals surface area contributed by atoms with Gasteiger partial charge in [0.15, 0.2) is 0 Å². The van der Waals surface area contributed by atoms with Crippen molar-refractivity contribution in [2.24, 2.45) is 11.8 Å². The average molecular weight is 550 g/mol. The lowest BCUT2D eigenvalue weighted by Gasteiger charge is -2.26. The van der Waals surface area contributed by atoms with E-state index in [0.717, 1.165) is 5.56 Å². The first-order valence-corrected chi connectivity index (χ1v) is 13.1. The number of carbonyl (C=O) groups is 5. The Hall–Kier alpha value is -3.63. The first-order valence-electron chi connectivity index (χ1n) is 13.1. The Morgan fingerprint density at radius 3 is 1.82 bits per heavy atom. The molecule has 0 bridgehead atoms. The third-order valence-corrected chi connectivity index (χ3v) is 5.27. The van der Waals surface area contributed by atoms with E-state index in [-0.39, 0.29) is 31.3 Å². The van der Waals surface area contributed by atoms with Gasteiger partial charge in [-0.15, -0.1) is 0 Å². The van der Waals surface area contributed by atoms with Gasteiger partial charge >= 0.3 is 18.0 Å². The number of alkyl carbamates (subject to hydrolysis) is 1. The van der Waals surface area contributed by atoms with Crippen LogP contribution in [0.25, 0.3) is 0 Å². The number of esters is 1. The van der Waals surface area contributed by atoms with Crippen molar-refractivity contribution < 1.29 is 38.6 Å². The summed E-state index contributed by atoms with van der Waals surface area (Å²) in [6, 6.07) is 5.29. The molecule has 1 aromatic carbocycles. The average Bonchev–Trinajstić information content (AvgIpc) is 2.80. The first kappa shape index (κ1) is 33.4. The van der Waals surface area contributed by atoms with Gasteiger partial charge in [-0.2, -0.15) is 0 Å². The van der Waals surface area contributed by atoms with Crippen LogP contribution in [0.2, 0.25) is 0 Å². The summed E-state index contributed by atoms with van der Waals surface area (Å²) in [5, 5.41) is 17.0. The van der Waals surface area contributed by atoms with Gasteiger partial charge in [-0.25, -0.2) is 9.59 Å². The number of hydrogen-bond donors (Lipinski definition) is 4. The number of hydrogen-bond acceptors (Lipinski definition) is 7. The molecule has 0 heterocycles. The lowest BCUT2D eigenvalue weighted by atomic mass is 10.0. The summed E-state index contributed by atoms with van der Waals surface area (Å²) < 4.78 is 10.5. The van der Waals surface area contributed by atoms with E-state index in [4.69, 9.17) is 9.47 Å². The van der Waals surface area contributed by atoms with Crippen molar-refractivity contribution in [3.05, 3.63) is 35.9 Å². The quantitative estimate of drug-likeness (QED) is 0.257. The van der Waals surface area contributed by atoms with Gasteiger partial charge in [-0.3, -0.25) is 14.4 Å². The molecule has 11 heteroatoms. The molecule has 0 radical (unpaired) electrons. The Labute approximate surface area is 230 Å². The number of aliphatic carboxylic acids is 1. The number of carboxylic acid groups (broad SMARTS) is 1. The summed E-state index contributed by atoms with van der Waals surface area (Å²) in [7, 11) is 0. The van der Waals surface area contributed by atoms with Gasteiger partial charge < -0.3 is 30.5 Å². The van der Waals surface area contributed by atoms with Crippen molar-refractivity contribution in [3.8, 4) is 0 Å². The van der Waals surface area contributed by atoms with Crippen molar-refractivity contribution in [1.82, 2.24) is 16.0 Å². The molecule has 0 spiro atoms. The topological polar surface area (TPSA) is 160 Å². The second kappa shape index (κ2) is 15.7. The first-order chi connectivity index (χ1) is 18.1. The van der Waals surface area contributed by atoms with Crippen LogP contribution in [0, 0.1) is 11.8 Å². The van der Waals surface area contributed by atoms with E-state index >= 15 is 0 Å². The Bertz CT molecular complexity index is 973. The molecule has 3 atom stereocenters. The molecule has 0 saturated carbocycles. The van der Waals surface area contributed by atoms with Crippen LogP contribution in [-0.4, -0.2) is 58.7 Å². The fourth-order valence-electron chi connectivity index (χ4n) is 3.61. The zero-order chi connectivity index (χ0) is 29.8. The largest absolute Gasteiger partial charge is 0.480 e. The zero-order valence-electron chi connectivity index (χ0n) is 23.9. The minimum absolute atomic E-state index is 0.00120. The molecule has 0 saturated heterocycles. The van der Waals surface area contributed by atoms with Crippen molar-refractivity contribution in [1.29, 1.82) is 0 Å². The van der Waals surface area contributed by atoms with Crippen LogP contribution in [0.1, 0.15) is 73.3 Å². The van der Waals surface area contributed by atoms with Gasteiger partial charge in [-0.05, 0) is 51.0 Å². The summed E-state index contributed by atoms with van der Waals surface area (Å²) in [5.74, 6) is -3.62. The predicted octanol–water partition coefficient (Wildman–Crippen LogP) is 3.16. The summed E-state index contributed by atoms with van der Waals surface area (Å²) >= 11 is 0. The van der Waals surface area contributed by atoms with Crippen molar-refractivity contribution in [2.75, 3.05) is 0 Å². The van der Waals surface area contributed by atoms with Crippen LogP contribution >= 0.6 is 0 Å². The molecule has 0 fully saturated rings. The number of ether oxygens (including phenoxy) is 2. The van der Waals surface area contributed by atoms with Crippen LogP contribution in [0.4, 0.5) is 4.79 Å². The van der Waals surface area contributed by atoms with Crippen LogP contribution in [0.3, 0.4) is 0 Å². The number of rotatable bonds is 14. The van der Waals surface area contributed by atoms with Gasteiger partial charge in [0.05, 0.1) is 6.42 Å². The molecule has 0 aliphatic heterocycles. The van der Waals surface area contributed by atoms with Gasteiger partial charge in [-0.1, -0.05) is 58.0 Å². The van der Waals surface area contributed by atoms with Gasteiger partial charge in [0.2, 0.25) is 11.8 Å². The van der Waals surface area contributed by atoms with Crippen LogP contribution in [-0.2, 0) is 35.3 Å². The number of carboxylic acids is 1. The Balaban J connectivity index is 3.05. The summed E-state index contributed by atoms with van der Waals surface area (Å²) in [6.45, 7) is 12.3. The van der Waals surface area contributed by atoms with E-state index in [0.29, 0.717) is 0 Å². The highest BCUT2D eigenvalue weighted by atomic mass is 16.6. The highest BCUT2D eigenvalue weighted by molar-refractivity contribution is 5.95. The number of benzene rings is 1. The molecule has 39 heavy (non-hydrogen) atoms. The minimum Gasteiger partial charge on any atom is -0.480 e. The monoisotopic (exact) mass is 549 g/mol. The Kier molecular flexibility index (Phi) is 13.4. The molecule has 0 aliphatic rings. The highest BCUT2D eigenvalue weighted by Gasteiger charge is 2.33. The normalized spacial score (nSPS) is 13.7. The van der Waals surface area contributed by atoms with Crippen LogP contribution < -0.4 is 16.0 Å². The van der Waals surface area contributed by atoms with E-state index in [1.54, 1.807) is 58.9 Å². The van der Waals surface area contributed by atoms with Crippen molar-refractivity contribution in [3.63, 3.8) is 0 Å². The lowest BCUT2D eigenvalue weighted by molar-refractivity contribution is -0.156. The highest BCUT2D eigenvalue weighted by Crippen LogP contribution is 2.12. The smallest absolute Gasteiger partial charge is 0.408 e. The zero-order valence-corrected chi connectivity index (χ0v) is 23.9. The molecule has 0 aliphatic carbocycles. The van der Waals surface area contributed by atoms with Crippen molar-refractivity contribution in [2.45, 2.75) is 98.1 Å². The predicted molar refractivity (Wildman–Crippen MR) is 144 cm³/mol. The molecule has 11 nitrogen and oxygen atoms in total. The van der Waals surface area contributed by atoms with E-state index in [9.17, 15) is 29.1 Å². The van der Waals surface area contributed by atoms with E-state index < -0.39 is 60.0 Å². The summed E-state index contributed by atoms with van der Waals surface area (Å²) in [6.07, 6.45) is -0.983. The molecule has 0 unspecified atom stereocenters. The van der Waals surface area contributed by atoms with E-state index in [2.05, 4.69) is 16.0 Å². The molecular formula is C28H43N3O8. The molecule has 1 rings (SSSR count). The number of nitrogens with one attached hydrogen (secondary N) is 3. The molecular weight excluding hydrogens is 506 g/mol. The molecule has 1 aromatic rings. The Morgan fingerprint density at radius 2 is 1.31 bits per heavy atom. The maximum Gasteiger partial charge on any atom is 0.408 e. The molecule has 218 valence electrons. The summed E-state index contributed by atoms with van der Waals surface area (Å²) in [5.41, 5.74) is -0.0749. The molecule has 3 amide bonds.